The van der Waals surface area contributed by atoms with E-state index in [-0.39, 0.29) is 16.4 Å². The molecule has 9 heteroatoms. The van der Waals surface area contributed by atoms with E-state index in [0.717, 1.165) is 19.9 Å². The molecule has 0 amide bonds. The number of rotatable bonds is 5. The molecule has 0 N–H and O–H groups in total. The van der Waals surface area contributed by atoms with E-state index in [1.807, 2.05) is 18.4 Å². The van der Waals surface area contributed by atoms with Gasteiger partial charge in [-0.1, -0.05) is 0 Å². The van der Waals surface area contributed by atoms with Crippen LogP contribution in [0.1, 0.15) is 5.01 Å². The molecule has 2 aromatic carbocycles. The smallest absolute Gasteiger partial charge is 0.343 e. The molecule has 0 saturated heterocycles. The van der Waals surface area contributed by atoms with Gasteiger partial charge < -0.3 is 13.7 Å². The molecule has 0 fully saturated rings. The van der Waals surface area contributed by atoms with Crippen LogP contribution in [0.25, 0.3) is 20.3 Å². The van der Waals surface area contributed by atoms with Crippen molar-refractivity contribution in [1.29, 1.82) is 0 Å². The Balaban J connectivity index is 1.87. The van der Waals surface area contributed by atoms with E-state index < -0.39 is 10.1 Å². The minimum absolute atomic E-state index is 0.0895. The Morgan fingerprint density at radius 1 is 1.04 bits per heavy atom. The molecule has 0 aliphatic heterocycles. The highest BCUT2D eigenvalue weighted by atomic mass is 32.2. The zero-order valence-corrected chi connectivity index (χ0v) is 17.1. The molecule has 2 aromatic heterocycles. The van der Waals surface area contributed by atoms with Crippen LogP contribution >= 0.6 is 22.7 Å². The van der Waals surface area contributed by atoms with Crippen molar-refractivity contribution in [3.8, 4) is 17.2 Å². The first-order chi connectivity index (χ1) is 12.9. The number of ether oxygens (including phenoxy) is 2. The molecule has 4 aromatic rings. The molecule has 0 unspecified atom stereocenters. The highest BCUT2D eigenvalue weighted by Crippen LogP contribution is 2.40. The molecule has 140 valence electrons. The number of benzene rings is 2. The molecule has 0 saturated carbocycles. The Hall–Kier alpha value is -2.36. The predicted octanol–water partition coefficient (Wildman–Crippen LogP) is 4.60. The fourth-order valence-electron chi connectivity index (χ4n) is 2.80. The average Bonchev–Trinajstić information content (AvgIpc) is 3.27. The third kappa shape index (κ3) is 3.11. The number of aryl methyl sites for hydroxylation is 1. The second-order valence-corrected chi connectivity index (χ2v) is 9.34. The number of thiophene rings is 1. The molecule has 0 bridgehead atoms. The van der Waals surface area contributed by atoms with Crippen molar-refractivity contribution in [2.75, 3.05) is 14.2 Å². The fourth-order valence-corrected chi connectivity index (χ4v) is 5.75. The summed E-state index contributed by atoms with van der Waals surface area (Å²) in [5.41, 5.74) is 0.867. The van der Waals surface area contributed by atoms with Crippen LogP contribution in [-0.2, 0) is 10.1 Å². The third-order valence-corrected chi connectivity index (χ3v) is 7.10. The van der Waals surface area contributed by atoms with Gasteiger partial charge in [0.1, 0.15) is 11.5 Å². The molecule has 6 nitrogen and oxygen atoms in total. The fraction of sp³-hybridized carbons (Fsp3) is 0.167. The van der Waals surface area contributed by atoms with Gasteiger partial charge in [-0.15, -0.1) is 22.7 Å². The van der Waals surface area contributed by atoms with Gasteiger partial charge in [-0.2, -0.15) is 8.42 Å². The van der Waals surface area contributed by atoms with Gasteiger partial charge in [0.05, 0.1) is 34.1 Å². The lowest BCUT2D eigenvalue weighted by Gasteiger charge is -2.12. The molecular formula is C18H15NO5S3. The van der Waals surface area contributed by atoms with Gasteiger partial charge in [0, 0.05) is 17.5 Å². The number of thiazole rings is 1. The summed E-state index contributed by atoms with van der Waals surface area (Å²) in [6, 6.07) is 8.10. The normalized spacial score (nSPS) is 11.8. The van der Waals surface area contributed by atoms with Gasteiger partial charge in [-0.3, -0.25) is 0 Å². The Kier molecular flexibility index (Phi) is 4.45. The lowest BCUT2D eigenvalue weighted by Crippen LogP contribution is -2.11. The lowest BCUT2D eigenvalue weighted by molar-refractivity contribution is 0.388. The Morgan fingerprint density at radius 3 is 2.59 bits per heavy atom. The Bertz CT molecular complexity index is 1260. The molecule has 0 aliphatic carbocycles. The molecule has 0 spiro atoms. The van der Waals surface area contributed by atoms with Gasteiger partial charge in [0.15, 0.2) is 10.6 Å². The lowest BCUT2D eigenvalue weighted by atomic mass is 10.2. The van der Waals surface area contributed by atoms with Gasteiger partial charge in [0.25, 0.3) is 0 Å². The van der Waals surface area contributed by atoms with E-state index in [4.69, 9.17) is 13.7 Å². The van der Waals surface area contributed by atoms with E-state index in [1.165, 1.54) is 49.0 Å². The summed E-state index contributed by atoms with van der Waals surface area (Å²) in [5, 5.41) is 3.52. The quantitative estimate of drug-likeness (QED) is 0.438. The van der Waals surface area contributed by atoms with E-state index in [1.54, 1.807) is 12.1 Å². The largest absolute Gasteiger partial charge is 0.497 e. The molecule has 0 aliphatic rings. The van der Waals surface area contributed by atoms with Crippen molar-refractivity contribution in [2.45, 2.75) is 11.8 Å². The first-order valence-corrected chi connectivity index (χ1v) is 11.0. The first-order valence-electron chi connectivity index (χ1n) is 7.87. The molecule has 0 radical (unpaired) electrons. The van der Waals surface area contributed by atoms with Gasteiger partial charge in [-0.05, 0) is 30.5 Å². The summed E-state index contributed by atoms with van der Waals surface area (Å²) in [6.07, 6.45) is 0. The highest BCUT2D eigenvalue weighted by molar-refractivity contribution is 7.87. The first kappa shape index (κ1) is 18.0. The molecule has 2 heterocycles. The maximum absolute atomic E-state index is 13.0. The van der Waals surface area contributed by atoms with Crippen LogP contribution in [0.3, 0.4) is 0 Å². The number of methoxy groups -OCH3 is 2. The van der Waals surface area contributed by atoms with E-state index in [2.05, 4.69) is 4.98 Å². The minimum Gasteiger partial charge on any atom is -0.497 e. The van der Waals surface area contributed by atoms with Crippen LogP contribution in [0.15, 0.2) is 40.6 Å². The van der Waals surface area contributed by atoms with Crippen molar-refractivity contribution >= 4 is 53.1 Å². The summed E-state index contributed by atoms with van der Waals surface area (Å²) in [5.74, 6) is 0.853. The summed E-state index contributed by atoms with van der Waals surface area (Å²) in [4.78, 5) is 4.46. The predicted molar refractivity (Wildman–Crippen MR) is 107 cm³/mol. The number of aromatic nitrogens is 1. The molecule has 4 rings (SSSR count). The van der Waals surface area contributed by atoms with E-state index >= 15 is 0 Å². The van der Waals surface area contributed by atoms with Crippen LogP contribution < -0.4 is 13.7 Å². The topological polar surface area (TPSA) is 74.7 Å². The number of fused-ring (bicyclic) bond motifs is 3. The van der Waals surface area contributed by atoms with Crippen molar-refractivity contribution in [3.05, 3.63) is 40.7 Å². The SMILES string of the molecule is COc1ccc(OC)c(S(=O)(=O)Oc2cc3sc(C)nc3c3sccc23)c1. The van der Waals surface area contributed by atoms with Crippen LogP contribution in [0.2, 0.25) is 0 Å². The van der Waals surface area contributed by atoms with Gasteiger partial charge >= 0.3 is 10.1 Å². The summed E-state index contributed by atoms with van der Waals surface area (Å²) in [7, 11) is -1.26. The van der Waals surface area contributed by atoms with Crippen molar-refractivity contribution in [1.82, 2.24) is 4.98 Å². The third-order valence-electron chi connectivity index (χ3n) is 4.01. The Morgan fingerprint density at radius 2 is 1.85 bits per heavy atom. The van der Waals surface area contributed by atoms with Crippen LogP contribution in [0.5, 0.6) is 17.2 Å². The van der Waals surface area contributed by atoms with Crippen LogP contribution in [-0.4, -0.2) is 27.6 Å². The van der Waals surface area contributed by atoms with Crippen LogP contribution in [0.4, 0.5) is 0 Å². The van der Waals surface area contributed by atoms with E-state index in [0.29, 0.717) is 11.1 Å². The Labute approximate surface area is 164 Å². The minimum atomic E-state index is -4.14. The number of nitrogens with zero attached hydrogens (tertiary/aromatic N) is 1. The molecule has 27 heavy (non-hydrogen) atoms. The maximum atomic E-state index is 13.0. The molecular weight excluding hydrogens is 406 g/mol. The maximum Gasteiger partial charge on any atom is 0.343 e. The highest BCUT2D eigenvalue weighted by Gasteiger charge is 2.25. The van der Waals surface area contributed by atoms with Crippen molar-refractivity contribution in [3.63, 3.8) is 0 Å². The number of hydrogen-bond acceptors (Lipinski definition) is 8. The average molecular weight is 422 g/mol. The van der Waals surface area contributed by atoms with Gasteiger partial charge in [-0.25, -0.2) is 4.98 Å². The van der Waals surface area contributed by atoms with Crippen molar-refractivity contribution < 1.29 is 22.1 Å². The van der Waals surface area contributed by atoms with E-state index in [9.17, 15) is 8.42 Å². The second kappa shape index (κ2) is 6.66. The summed E-state index contributed by atoms with van der Waals surface area (Å²) in [6.45, 7) is 1.92. The van der Waals surface area contributed by atoms with Crippen LogP contribution in [0, 0.1) is 6.92 Å². The van der Waals surface area contributed by atoms with Crippen molar-refractivity contribution in [2.24, 2.45) is 0 Å². The summed E-state index contributed by atoms with van der Waals surface area (Å²) < 4.78 is 43.6. The molecule has 0 atom stereocenters. The number of hydrogen-bond donors (Lipinski definition) is 0. The zero-order valence-electron chi connectivity index (χ0n) is 14.7. The zero-order chi connectivity index (χ0) is 19.2. The van der Waals surface area contributed by atoms with Gasteiger partial charge in [0.2, 0.25) is 0 Å². The standard InChI is InChI=1S/C18H15NO5S3/c1-10-19-17-15(26-10)9-14(12-6-7-25-18(12)17)24-27(20,21)16-8-11(22-2)4-5-13(16)23-3/h4-9H,1-3H3. The monoisotopic (exact) mass is 421 g/mol. The summed E-state index contributed by atoms with van der Waals surface area (Å²) >= 11 is 3.00. The second-order valence-electron chi connectivity index (χ2n) is 5.67.